The molecule has 0 spiro atoms. The Balaban J connectivity index is 2.01. The number of nitrogens with one attached hydrogen (secondary N) is 1. The molecule has 1 amide bonds. The molecule has 0 aliphatic rings. The number of sulfone groups is 1. The van der Waals surface area contributed by atoms with E-state index in [0.29, 0.717) is 22.0 Å². The lowest BCUT2D eigenvalue weighted by molar-refractivity contribution is -0.116. The summed E-state index contributed by atoms with van der Waals surface area (Å²) in [5, 5.41) is 3.21. The van der Waals surface area contributed by atoms with Gasteiger partial charge < -0.3 is 9.88 Å². The van der Waals surface area contributed by atoms with Crippen molar-refractivity contribution in [3.63, 3.8) is 0 Å². The molecule has 0 aliphatic carbocycles. The minimum atomic E-state index is -4.07. The van der Waals surface area contributed by atoms with E-state index in [4.69, 9.17) is 11.6 Å². The number of halogens is 1. The molecule has 1 heterocycles. The lowest BCUT2D eigenvalue weighted by Gasteiger charge is -2.15. The highest BCUT2D eigenvalue weighted by Gasteiger charge is 2.26. The topological polar surface area (TPSA) is 85.2 Å². The molecule has 0 bridgehead atoms. The predicted molar refractivity (Wildman–Crippen MR) is 126 cm³/mol. The van der Waals surface area contributed by atoms with E-state index in [0.717, 1.165) is 16.7 Å². The van der Waals surface area contributed by atoms with Crippen molar-refractivity contribution in [2.24, 2.45) is 0 Å². The van der Waals surface area contributed by atoms with Crippen molar-refractivity contribution in [2.45, 2.75) is 51.0 Å². The quantitative estimate of drug-likeness (QED) is 0.591. The van der Waals surface area contributed by atoms with Gasteiger partial charge in [-0.3, -0.25) is 9.59 Å². The van der Waals surface area contributed by atoms with E-state index in [1.54, 1.807) is 50.2 Å². The number of pyridine rings is 1. The molecule has 3 aromatic rings. The molecule has 0 fully saturated rings. The maximum atomic E-state index is 13.3. The Hall–Kier alpha value is -2.90. The third kappa shape index (κ3) is 4.64. The van der Waals surface area contributed by atoms with Crippen molar-refractivity contribution in [3.05, 3.63) is 85.8 Å². The number of aryl methyl sites for hydroxylation is 5. The van der Waals surface area contributed by atoms with Crippen LogP contribution in [-0.2, 0) is 21.2 Å². The number of hydrogen-bond donors (Lipinski definition) is 1. The first kappa shape index (κ1) is 23.8. The second-order valence-corrected chi connectivity index (χ2v) is 10.2. The fourth-order valence-corrected chi connectivity index (χ4v) is 5.26. The average molecular weight is 473 g/mol. The second-order valence-electron chi connectivity index (χ2n) is 7.95. The molecule has 1 aromatic heterocycles. The molecule has 3 rings (SSSR count). The predicted octanol–water partition coefficient (Wildman–Crippen LogP) is 4.52. The maximum absolute atomic E-state index is 13.3. The van der Waals surface area contributed by atoms with Gasteiger partial charge in [0.1, 0.15) is 11.4 Å². The van der Waals surface area contributed by atoms with Crippen LogP contribution in [-0.4, -0.2) is 18.9 Å². The summed E-state index contributed by atoms with van der Waals surface area (Å²) in [5.74, 6) is -0.464. The van der Waals surface area contributed by atoms with Gasteiger partial charge in [-0.1, -0.05) is 23.7 Å². The van der Waals surface area contributed by atoms with Gasteiger partial charge in [0, 0.05) is 16.4 Å². The zero-order chi connectivity index (χ0) is 23.8. The number of carbonyl (C=O) groups excluding carboxylic acids is 1. The third-order valence-electron chi connectivity index (χ3n) is 5.46. The first-order valence-corrected chi connectivity index (χ1v) is 11.9. The molecule has 32 heavy (non-hydrogen) atoms. The van der Waals surface area contributed by atoms with E-state index in [2.05, 4.69) is 5.32 Å². The number of amides is 1. The fraction of sp³-hybridized carbons (Fsp3) is 0.250. The lowest BCUT2D eigenvalue weighted by atomic mass is 10.1. The largest absolute Gasteiger partial charge is 0.324 e. The first-order chi connectivity index (χ1) is 14.9. The molecule has 2 aromatic carbocycles. The average Bonchev–Trinajstić information content (AvgIpc) is 2.69. The minimum absolute atomic E-state index is 0.0509. The molecule has 8 heteroatoms. The Morgan fingerprint density at radius 1 is 0.906 bits per heavy atom. The minimum Gasteiger partial charge on any atom is -0.324 e. The molecule has 0 unspecified atom stereocenters. The van der Waals surface area contributed by atoms with E-state index in [9.17, 15) is 18.0 Å². The van der Waals surface area contributed by atoms with Gasteiger partial charge in [0.2, 0.25) is 15.7 Å². The van der Waals surface area contributed by atoms with Gasteiger partial charge in [-0.25, -0.2) is 8.42 Å². The molecule has 0 atom stereocenters. The van der Waals surface area contributed by atoms with Crippen molar-refractivity contribution < 1.29 is 13.2 Å². The van der Waals surface area contributed by atoms with Crippen LogP contribution in [0.25, 0.3) is 0 Å². The van der Waals surface area contributed by atoms with Crippen molar-refractivity contribution in [3.8, 4) is 0 Å². The van der Waals surface area contributed by atoms with Gasteiger partial charge in [0.15, 0.2) is 0 Å². The number of aromatic nitrogens is 1. The smallest absolute Gasteiger partial charge is 0.270 e. The molecule has 168 valence electrons. The van der Waals surface area contributed by atoms with E-state index in [1.165, 1.54) is 10.6 Å². The van der Waals surface area contributed by atoms with E-state index >= 15 is 0 Å². The lowest BCUT2D eigenvalue weighted by Crippen LogP contribution is -2.33. The standard InChI is InChI=1S/C24H25ClN2O4S/c1-14-7-9-20(11-16(14)3)32(30,31)23-17(4)10-18(5)27(24(23)29)13-22(28)26-19-8-6-15(2)21(25)12-19/h6-12H,13H2,1-5H3,(H,26,28). The van der Waals surface area contributed by atoms with Crippen LogP contribution in [0.4, 0.5) is 5.69 Å². The van der Waals surface area contributed by atoms with Crippen LogP contribution in [0.3, 0.4) is 0 Å². The first-order valence-electron chi connectivity index (χ1n) is 10.0. The SMILES string of the molecule is Cc1ccc(S(=O)(=O)c2c(C)cc(C)n(CC(=O)Nc3ccc(C)c(Cl)c3)c2=O)cc1C. The normalized spacial score (nSPS) is 11.4. The van der Waals surface area contributed by atoms with Gasteiger partial charge in [-0.05, 0) is 87.2 Å². The maximum Gasteiger partial charge on any atom is 0.270 e. The van der Waals surface area contributed by atoms with Gasteiger partial charge in [-0.15, -0.1) is 0 Å². The van der Waals surface area contributed by atoms with Crippen LogP contribution in [0.1, 0.15) is 27.9 Å². The van der Waals surface area contributed by atoms with Crippen LogP contribution in [0.15, 0.2) is 57.1 Å². The van der Waals surface area contributed by atoms with E-state index in [1.807, 2.05) is 20.8 Å². The molecule has 0 saturated heterocycles. The van der Waals surface area contributed by atoms with Crippen LogP contribution in [0, 0.1) is 34.6 Å². The molecule has 0 radical (unpaired) electrons. The number of rotatable bonds is 5. The summed E-state index contributed by atoms with van der Waals surface area (Å²) in [6.07, 6.45) is 0. The highest BCUT2D eigenvalue weighted by molar-refractivity contribution is 7.91. The molecular formula is C24H25ClN2O4S. The van der Waals surface area contributed by atoms with Crippen molar-refractivity contribution in [1.29, 1.82) is 0 Å². The van der Waals surface area contributed by atoms with E-state index in [-0.39, 0.29) is 16.3 Å². The monoisotopic (exact) mass is 472 g/mol. The summed E-state index contributed by atoms with van der Waals surface area (Å²) >= 11 is 6.10. The van der Waals surface area contributed by atoms with Crippen molar-refractivity contribution >= 4 is 33.0 Å². The van der Waals surface area contributed by atoms with Gasteiger partial charge in [-0.2, -0.15) is 0 Å². The van der Waals surface area contributed by atoms with E-state index < -0.39 is 21.3 Å². The summed E-state index contributed by atoms with van der Waals surface area (Å²) in [6, 6.07) is 11.5. The molecule has 0 aliphatic heterocycles. The van der Waals surface area contributed by atoms with Crippen LogP contribution < -0.4 is 10.9 Å². The second kappa shape index (κ2) is 8.92. The van der Waals surface area contributed by atoms with Crippen molar-refractivity contribution in [2.75, 3.05) is 5.32 Å². The molecular weight excluding hydrogens is 448 g/mol. The Morgan fingerprint density at radius 3 is 2.19 bits per heavy atom. The summed E-state index contributed by atoms with van der Waals surface area (Å²) in [4.78, 5) is 25.6. The van der Waals surface area contributed by atoms with Crippen LogP contribution in [0.5, 0.6) is 0 Å². The summed E-state index contributed by atoms with van der Waals surface area (Å²) in [6.45, 7) is 8.47. The molecule has 0 saturated carbocycles. The number of anilines is 1. The Kier molecular flexibility index (Phi) is 6.62. The van der Waals surface area contributed by atoms with Crippen molar-refractivity contribution in [1.82, 2.24) is 4.57 Å². The van der Waals surface area contributed by atoms with Gasteiger partial charge >= 0.3 is 0 Å². The fourth-order valence-electron chi connectivity index (χ4n) is 3.45. The number of benzene rings is 2. The highest BCUT2D eigenvalue weighted by Crippen LogP contribution is 2.24. The Bertz CT molecular complexity index is 1390. The molecule has 6 nitrogen and oxygen atoms in total. The zero-order valence-corrected chi connectivity index (χ0v) is 20.2. The van der Waals surface area contributed by atoms with Crippen LogP contribution in [0.2, 0.25) is 5.02 Å². The van der Waals surface area contributed by atoms with Gasteiger partial charge in [0.25, 0.3) is 5.56 Å². The Labute approximate surface area is 192 Å². The highest BCUT2D eigenvalue weighted by atomic mass is 35.5. The van der Waals surface area contributed by atoms with Gasteiger partial charge in [0.05, 0.1) is 4.90 Å². The summed E-state index contributed by atoms with van der Waals surface area (Å²) in [5.41, 5.74) is 3.24. The third-order valence-corrected chi connectivity index (χ3v) is 7.78. The summed E-state index contributed by atoms with van der Waals surface area (Å²) < 4.78 is 27.8. The van der Waals surface area contributed by atoms with Crippen LogP contribution >= 0.6 is 11.6 Å². The number of carbonyl (C=O) groups is 1. The summed E-state index contributed by atoms with van der Waals surface area (Å²) in [7, 11) is -4.07. The number of hydrogen-bond acceptors (Lipinski definition) is 4. The Morgan fingerprint density at radius 2 is 1.56 bits per heavy atom. The zero-order valence-electron chi connectivity index (χ0n) is 18.6. The molecule has 1 N–H and O–H groups in total. The number of nitrogens with zero attached hydrogens (tertiary/aromatic N) is 1.